The van der Waals surface area contributed by atoms with Gasteiger partial charge in [0.15, 0.2) is 0 Å². The molecule has 7 heteroatoms. The van der Waals surface area contributed by atoms with Crippen LogP contribution in [-0.4, -0.2) is 46.7 Å². The SMILES string of the molecule is CCn1cc(C(=O)O)c(=O)c2cc(F)c(N3CCN(Cc4ccc(C5=CCCC=C5)cc4)CC3)cc21. The van der Waals surface area contributed by atoms with Gasteiger partial charge in [-0.3, -0.25) is 9.69 Å². The maximum absolute atomic E-state index is 15.1. The molecule has 5 rings (SSSR count). The van der Waals surface area contributed by atoms with Crippen molar-refractivity contribution in [1.29, 1.82) is 0 Å². The van der Waals surface area contributed by atoms with Crippen LogP contribution in [0.4, 0.5) is 10.1 Å². The molecule has 1 aliphatic carbocycles. The number of hydrogen-bond acceptors (Lipinski definition) is 4. The van der Waals surface area contributed by atoms with E-state index in [0.717, 1.165) is 32.5 Å². The summed E-state index contributed by atoms with van der Waals surface area (Å²) < 4.78 is 16.8. The minimum absolute atomic E-state index is 0.0968. The molecule has 36 heavy (non-hydrogen) atoms. The molecule has 2 aliphatic rings. The Bertz CT molecular complexity index is 1410. The quantitative estimate of drug-likeness (QED) is 0.535. The van der Waals surface area contributed by atoms with E-state index in [4.69, 9.17) is 0 Å². The third kappa shape index (κ3) is 4.71. The number of allylic oxidation sites excluding steroid dienone is 4. The number of halogens is 1. The van der Waals surface area contributed by atoms with E-state index < -0.39 is 17.2 Å². The lowest BCUT2D eigenvalue weighted by atomic mass is 9.98. The first-order valence-electron chi connectivity index (χ1n) is 12.5. The summed E-state index contributed by atoms with van der Waals surface area (Å²) in [7, 11) is 0. The van der Waals surface area contributed by atoms with Crippen LogP contribution in [0.15, 0.2) is 65.6 Å². The first kappa shape index (κ1) is 24.0. The maximum atomic E-state index is 15.1. The molecule has 1 saturated heterocycles. The smallest absolute Gasteiger partial charge is 0.341 e. The number of benzene rings is 2. The maximum Gasteiger partial charge on any atom is 0.341 e. The van der Waals surface area contributed by atoms with Crippen LogP contribution in [0.2, 0.25) is 0 Å². The molecule has 3 aromatic rings. The average molecular weight is 488 g/mol. The molecule has 0 amide bonds. The Hall–Kier alpha value is -3.71. The summed E-state index contributed by atoms with van der Waals surface area (Å²) in [6.45, 7) is 6.12. The number of piperazine rings is 1. The van der Waals surface area contributed by atoms with E-state index in [1.807, 2.05) is 11.8 Å². The van der Waals surface area contributed by atoms with E-state index in [-0.39, 0.29) is 10.9 Å². The van der Waals surface area contributed by atoms with E-state index in [2.05, 4.69) is 47.4 Å². The van der Waals surface area contributed by atoms with Gasteiger partial charge in [0.2, 0.25) is 5.43 Å². The minimum atomic E-state index is -1.30. The fourth-order valence-corrected chi connectivity index (χ4v) is 5.09. The second kappa shape index (κ2) is 10.1. The summed E-state index contributed by atoms with van der Waals surface area (Å²) in [6.07, 6.45) is 10.2. The summed E-state index contributed by atoms with van der Waals surface area (Å²) in [5.41, 5.74) is 3.79. The van der Waals surface area contributed by atoms with Gasteiger partial charge in [0.05, 0.1) is 11.2 Å². The molecule has 0 saturated carbocycles. The number of pyridine rings is 1. The third-order valence-electron chi connectivity index (χ3n) is 7.12. The van der Waals surface area contributed by atoms with Gasteiger partial charge in [-0.1, -0.05) is 42.5 Å². The molecule has 186 valence electrons. The van der Waals surface area contributed by atoms with Crippen molar-refractivity contribution in [2.45, 2.75) is 32.9 Å². The van der Waals surface area contributed by atoms with Crippen molar-refractivity contribution in [1.82, 2.24) is 9.47 Å². The Morgan fingerprint density at radius 1 is 1.06 bits per heavy atom. The van der Waals surface area contributed by atoms with Crippen molar-refractivity contribution in [3.05, 3.63) is 93.6 Å². The van der Waals surface area contributed by atoms with Crippen LogP contribution in [-0.2, 0) is 13.1 Å². The molecule has 1 aliphatic heterocycles. The van der Waals surface area contributed by atoms with Crippen LogP contribution in [0.25, 0.3) is 16.5 Å². The highest BCUT2D eigenvalue weighted by atomic mass is 19.1. The lowest BCUT2D eigenvalue weighted by Gasteiger charge is -2.36. The van der Waals surface area contributed by atoms with Crippen LogP contribution in [0, 0.1) is 5.82 Å². The molecular formula is C29H30FN3O3. The number of nitrogens with zero attached hydrogens (tertiary/aromatic N) is 3. The van der Waals surface area contributed by atoms with Gasteiger partial charge in [0.1, 0.15) is 11.4 Å². The average Bonchev–Trinajstić information content (AvgIpc) is 2.90. The predicted octanol–water partition coefficient (Wildman–Crippen LogP) is 4.91. The third-order valence-corrected chi connectivity index (χ3v) is 7.12. The number of rotatable bonds is 6. The van der Waals surface area contributed by atoms with Crippen LogP contribution in [0.1, 0.15) is 41.3 Å². The molecule has 0 bridgehead atoms. The Kier molecular flexibility index (Phi) is 6.74. The van der Waals surface area contributed by atoms with Crippen molar-refractivity contribution in [3.8, 4) is 0 Å². The molecule has 2 heterocycles. The van der Waals surface area contributed by atoms with Crippen LogP contribution in [0.3, 0.4) is 0 Å². The molecule has 0 atom stereocenters. The van der Waals surface area contributed by atoms with Gasteiger partial charge in [0, 0.05) is 50.9 Å². The monoisotopic (exact) mass is 487 g/mol. The zero-order valence-electron chi connectivity index (χ0n) is 20.4. The number of carbonyl (C=O) groups is 1. The van der Waals surface area contributed by atoms with Crippen LogP contribution >= 0.6 is 0 Å². The van der Waals surface area contributed by atoms with Gasteiger partial charge in [-0.15, -0.1) is 0 Å². The highest BCUT2D eigenvalue weighted by Crippen LogP contribution is 2.27. The van der Waals surface area contributed by atoms with E-state index >= 15 is 4.39 Å². The normalized spacial score (nSPS) is 16.4. The second-order valence-electron chi connectivity index (χ2n) is 9.38. The summed E-state index contributed by atoms with van der Waals surface area (Å²) >= 11 is 0. The van der Waals surface area contributed by atoms with Crippen molar-refractivity contribution in [2.24, 2.45) is 0 Å². The molecule has 1 N–H and O–H groups in total. The summed E-state index contributed by atoms with van der Waals surface area (Å²) in [6, 6.07) is 11.6. The summed E-state index contributed by atoms with van der Waals surface area (Å²) in [5.74, 6) is -1.80. The molecule has 0 unspecified atom stereocenters. The number of fused-ring (bicyclic) bond motifs is 1. The fourth-order valence-electron chi connectivity index (χ4n) is 5.09. The van der Waals surface area contributed by atoms with Crippen molar-refractivity contribution in [2.75, 3.05) is 31.1 Å². The number of aryl methyl sites for hydroxylation is 1. The van der Waals surface area contributed by atoms with E-state index in [1.54, 1.807) is 10.6 Å². The van der Waals surface area contributed by atoms with Gasteiger partial charge < -0.3 is 14.6 Å². The highest BCUT2D eigenvalue weighted by molar-refractivity contribution is 5.93. The Morgan fingerprint density at radius 3 is 2.44 bits per heavy atom. The van der Waals surface area contributed by atoms with E-state index in [9.17, 15) is 14.7 Å². The molecule has 2 aromatic carbocycles. The molecule has 1 aromatic heterocycles. The highest BCUT2D eigenvalue weighted by Gasteiger charge is 2.22. The Labute approximate surface area is 209 Å². The van der Waals surface area contributed by atoms with Crippen molar-refractivity contribution < 1.29 is 14.3 Å². The van der Waals surface area contributed by atoms with Crippen molar-refractivity contribution >= 4 is 28.1 Å². The molecular weight excluding hydrogens is 457 g/mol. The number of hydrogen-bond donors (Lipinski definition) is 1. The zero-order valence-corrected chi connectivity index (χ0v) is 20.4. The van der Waals surface area contributed by atoms with Gasteiger partial charge >= 0.3 is 5.97 Å². The van der Waals surface area contributed by atoms with Crippen molar-refractivity contribution in [3.63, 3.8) is 0 Å². The van der Waals surface area contributed by atoms with Crippen LogP contribution < -0.4 is 10.3 Å². The molecule has 0 radical (unpaired) electrons. The van der Waals surface area contributed by atoms with E-state index in [1.165, 1.54) is 29.0 Å². The molecule has 0 spiro atoms. The topological polar surface area (TPSA) is 65.8 Å². The van der Waals surface area contributed by atoms with Gasteiger partial charge in [-0.25, -0.2) is 9.18 Å². The summed E-state index contributed by atoms with van der Waals surface area (Å²) in [5, 5.41) is 9.45. The number of carboxylic acid groups (broad SMARTS) is 1. The van der Waals surface area contributed by atoms with Gasteiger partial charge in [-0.05, 0) is 48.6 Å². The van der Waals surface area contributed by atoms with E-state index in [0.29, 0.717) is 30.8 Å². The Morgan fingerprint density at radius 2 is 1.81 bits per heavy atom. The summed E-state index contributed by atoms with van der Waals surface area (Å²) in [4.78, 5) is 28.4. The number of aromatic nitrogens is 1. The fraction of sp³-hybridized carbons (Fsp3) is 0.310. The number of anilines is 1. The molecule has 1 fully saturated rings. The first-order chi connectivity index (χ1) is 17.4. The van der Waals surface area contributed by atoms with Gasteiger partial charge in [0.25, 0.3) is 0 Å². The van der Waals surface area contributed by atoms with Gasteiger partial charge in [-0.2, -0.15) is 0 Å². The predicted molar refractivity (Wildman–Crippen MR) is 141 cm³/mol. The number of carboxylic acids is 1. The first-order valence-corrected chi connectivity index (χ1v) is 12.5. The lowest BCUT2D eigenvalue weighted by molar-refractivity contribution is 0.0695. The van der Waals surface area contributed by atoms with Crippen LogP contribution in [0.5, 0.6) is 0 Å². The Balaban J connectivity index is 1.29. The zero-order chi connectivity index (χ0) is 25.2. The lowest BCUT2D eigenvalue weighted by Crippen LogP contribution is -2.46. The standard InChI is InChI=1S/C29H30FN3O3/c1-2-32-19-24(29(35)36)28(34)23-16-25(30)27(17-26(23)32)33-14-12-31(13-15-33)18-20-8-10-22(11-9-20)21-6-4-3-5-7-21/h4,6-11,16-17,19H,2-3,5,12-15,18H2,1H3,(H,35,36). The number of aromatic carboxylic acids is 1. The minimum Gasteiger partial charge on any atom is -0.477 e. The largest absolute Gasteiger partial charge is 0.477 e. The second-order valence-corrected chi connectivity index (χ2v) is 9.38. The molecule has 6 nitrogen and oxygen atoms in total.